The molecule has 0 amide bonds. The van der Waals surface area contributed by atoms with Gasteiger partial charge in [-0.2, -0.15) is 0 Å². The Morgan fingerprint density at radius 1 is 0.339 bits per heavy atom. The van der Waals surface area contributed by atoms with Gasteiger partial charge in [0.2, 0.25) is 5.89 Å². The Bertz CT molecular complexity index is 3240. The lowest BCUT2D eigenvalue weighted by Gasteiger charge is -2.27. The van der Waals surface area contributed by atoms with E-state index in [-0.39, 0.29) is 0 Å². The van der Waals surface area contributed by atoms with Crippen LogP contribution in [0.1, 0.15) is 0 Å². The number of hydrogen-bond acceptors (Lipinski definition) is 4. The molecule has 9 aromatic carbocycles. The lowest BCUT2D eigenvalue weighted by molar-refractivity contribution is 0.620. The van der Waals surface area contributed by atoms with E-state index in [1.165, 1.54) is 16.7 Å². The summed E-state index contributed by atoms with van der Waals surface area (Å²) in [6.45, 7) is 0. The fourth-order valence-electron chi connectivity index (χ4n) is 8.31. The number of anilines is 3. The molecule has 0 atom stereocenters. The van der Waals surface area contributed by atoms with Crippen molar-refractivity contribution in [3.8, 4) is 56.0 Å². The second-order valence-electron chi connectivity index (χ2n) is 14.7. The molecule has 2 aromatic heterocycles. The molecule has 0 bridgehead atoms. The summed E-state index contributed by atoms with van der Waals surface area (Å²) in [6, 6.07) is 76.4. The van der Waals surface area contributed by atoms with E-state index in [4.69, 9.17) is 13.8 Å². The second-order valence-corrected chi connectivity index (χ2v) is 14.7. The lowest BCUT2D eigenvalue weighted by Crippen LogP contribution is -2.10. The van der Waals surface area contributed by atoms with Gasteiger partial charge in [-0.25, -0.2) is 4.98 Å². The van der Waals surface area contributed by atoms with Crippen LogP contribution < -0.4 is 4.90 Å². The van der Waals surface area contributed by atoms with Crippen molar-refractivity contribution < 1.29 is 8.83 Å². The minimum Gasteiger partial charge on any atom is -0.456 e. The summed E-state index contributed by atoms with van der Waals surface area (Å²) in [4.78, 5) is 7.50. The highest BCUT2D eigenvalue weighted by molar-refractivity contribution is 6.20. The molecule has 0 spiro atoms. The third kappa shape index (κ3) is 6.24. The molecule has 4 nitrogen and oxygen atoms in total. The molecular weight excluding hydrogens is 721 g/mol. The van der Waals surface area contributed by atoms with Crippen LogP contribution in [0, 0.1) is 0 Å². The molecule has 278 valence electrons. The second kappa shape index (κ2) is 14.5. The van der Waals surface area contributed by atoms with Crippen molar-refractivity contribution in [3.05, 3.63) is 218 Å². The lowest BCUT2D eigenvalue weighted by atomic mass is 9.94. The molecule has 0 aliphatic rings. The van der Waals surface area contributed by atoms with Crippen molar-refractivity contribution in [3.63, 3.8) is 0 Å². The molecule has 0 aliphatic heterocycles. The highest BCUT2D eigenvalue weighted by Gasteiger charge is 2.23. The number of aromatic nitrogens is 1. The van der Waals surface area contributed by atoms with Crippen LogP contribution in [0.25, 0.3) is 89.0 Å². The summed E-state index contributed by atoms with van der Waals surface area (Å²) in [5.74, 6) is 0.568. The zero-order valence-corrected chi connectivity index (χ0v) is 32.0. The summed E-state index contributed by atoms with van der Waals surface area (Å²) in [7, 11) is 0. The largest absolute Gasteiger partial charge is 0.456 e. The average Bonchev–Trinajstić information content (AvgIpc) is 3.93. The predicted octanol–water partition coefficient (Wildman–Crippen LogP) is 15.5. The Morgan fingerprint density at radius 3 is 1.58 bits per heavy atom. The van der Waals surface area contributed by atoms with Gasteiger partial charge in [-0.15, -0.1) is 0 Å². The number of nitrogens with zero attached hydrogens (tertiary/aromatic N) is 2. The number of furan rings is 1. The zero-order chi connectivity index (χ0) is 39.1. The molecule has 0 unspecified atom stereocenters. The van der Waals surface area contributed by atoms with E-state index >= 15 is 0 Å². The first kappa shape index (κ1) is 34.3. The SMILES string of the molecule is c1ccc(-c2cc(-c3cc4oc5ccccc5c4c4nc(-c5ccccc5)oc34)cc(N(c3ccccc3)c3ccc(-c4ccccc4-c4ccccc4)cc3)c2)cc1. The first-order chi connectivity index (χ1) is 29.2. The summed E-state index contributed by atoms with van der Waals surface area (Å²) < 4.78 is 13.4. The van der Waals surface area contributed by atoms with Crippen LogP contribution in [-0.4, -0.2) is 4.98 Å². The molecule has 0 fully saturated rings. The summed E-state index contributed by atoms with van der Waals surface area (Å²) >= 11 is 0. The molecular formula is C55H36N2O2. The normalized spacial score (nSPS) is 11.4. The van der Waals surface area contributed by atoms with Gasteiger partial charge in [0.15, 0.2) is 5.58 Å². The number of hydrogen-bond donors (Lipinski definition) is 0. The highest BCUT2D eigenvalue weighted by atomic mass is 16.4. The van der Waals surface area contributed by atoms with Crippen molar-refractivity contribution in [2.24, 2.45) is 0 Å². The molecule has 4 heteroatoms. The fourth-order valence-corrected chi connectivity index (χ4v) is 8.31. The molecule has 0 aliphatic carbocycles. The van der Waals surface area contributed by atoms with Crippen LogP contribution in [0.15, 0.2) is 227 Å². The van der Waals surface area contributed by atoms with E-state index in [0.29, 0.717) is 11.5 Å². The molecule has 0 radical (unpaired) electrons. The first-order valence-corrected chi connectivity index (χ1v) is 19.9. The topological polar surface area (TPSA) is 42.4 Å². The van der Waals surface area contributed by atoms with E-state index in [1.54, 1.807) is 0 Å². The molecule has 0 saturated carbocycles. The number of rotatable bonds is 8. The van der Waals surface area contributed by atoms with E-state index in [9.17, 15) is 0 Å². The van der Waals surface area contributed by atoms with Gasteiger partial charge in [0.1, 0.15) is 16.7 Å². The Hall–Kier alpha value is -7.95. The number of oxazole rings is 1. The first-order valence-electron chi connectivity index (χ1n) is 19.9. The Kier molecular flexibility index (Phi) is 8.45. The van der Waals surface area contributed by atoms with Crippen molar-refractivity contribution in [1.29, 1.82) is 0 Å². The van der Waals surface area contributed by atoms with Gasteiger partial charge in [0, 0.05) is 33.6 Å². The maximum Gasteiger partial charge on any atom is 0.227 e. The van der Waals surface area contributed by atoms with Gasteiger partial charge >= 0.3 is 0 Å². The summed E-state index contributed by atoms with van der Waals surface area (Å²) in [5, 5.41) is 1.96. The van der Waals surface area contributed by atoms with Crippen LogP contribution >= 0.6 is 0 Å². The van der Waals surface area contributed by atoms with Gasteiger partial charge in [-0.3, -0.25) is 0 Å². The van der Waals surface area contributed by atoms with Crippen molar-refractivity contribution >= 4 is 50.1 Å². The summed E-state index contributed by atoms with van der Waals surface area (Å²) in [6.07, 6.45) is 0. The maximum atomic E-state index is 6.81. The molecule has 2 heterocycles. The minimum atomic E-state index is 0.568. The number of benzene rings is 9. The molecule has 0 N–H and O–H groups in total. The van der Waals surface area contributed by atoms with E-state index in [2.05, 4.69) is 175 Å². The van der Waals surface area contributed by atoms with Gasteiger partial charge in [0.05, 0.1) is 5.39 Å². The molecule has 0 saturated heterocycles. The van der Waals surface area contributed by atoms with Gasteiger partial charge in [-0.1, -0.05) is 152 Å². The molecule has 11 aromatic rings. The highest BCUT2D eigenvalue weighted by Crippen LogP contribution is 2.45. The van der Waals surface area contributed by atoms with E-state index in [0.717, 1.165) is 77.9 Å². The Morgan fingerprint density at radius 2 is 0.881 bits per heavy atom. The van der Waals surface area contributed by atoms with Crippen LogP contribution in [0.4, 0.5) is 17.1 Å². The van der Waals surface area contributed by atoms with Crippen LogP contribution in [0.5, 0.6) is 0 Å². The maximum absolute atomic E-state index is 6.81. The Labute approximate surface area is 341 Å². The standard InChI is InChI=1S/C55H36N2O2/c1-5-17-37(18-6-1)41-33-42(49-36-51-52(48-27-15-16-28-50(48)58-51)53-54(49)59-55(56-53)40-21-9-3-10-22-40)35-45(34-41)57(43-23-11-4-12-24-43)44-31-29-39(30-32-44)47-26-14-13-25-46(47)38-19-7-2-8-20-38/h1-36H. The molecule has 59 heavy (non-hydrogen) atoms. The minimum absolute atomic E-state index is 0.568. The summed E-state index contributed by atoms with van der Waals surface area (Å²) in [5.41, 5.74) is 15.9. The Balaban J connectivity index is 1.12. The van der Waals surface area contributed by atoms with Crippen LogP contribution in [0.3, 0.4) is 0 Å². The fraction of sp³-hybridized carbons (Fsp3) is 0. The quantitative estimate of drug-likeness (QED) is 0.155. The number of para-hydroxylation sites is 2. The monoisotopic (exact) mass is 756 g/mol. The van der Waals surface area contributed by atoms with Crippen molar-refractivity contribution in [2.75, 3.05) is 4.90 Å². The van der Waals surface area contributed by atoms with Crippen molar-refractivity contribution in [1.82, 2.24) is 4.98 Å². The third-order valence-corrected chi connectivity index (χ3v) is 11.1. The third-order valence-electron chi connectivity index (χ3n) is 11.1. The van der Waals surface area contributed by atoms with Gasteiger partial charge < -0.3 is 13.7 Å². The smallest absolute Gasteiger partial charge is 0.227 e. The van der Waals surface area contributed by atoms with Crippen molar-refractivity contribution in [2.45, 2.75) is 0 Å². The van der Waals surface area contributed by atoms with Crippen LogP contribution in [0.2, 0.25) is 0 Å². The average molecular weight is 757 g/mol. The zero-order valence-electron chi connectivity index (χ0n) is 32.0. The van der Waals surface area contributed by atoms with Crippen LogP contribution in [-0.2, 0) is 0 Å². The van der Waals surface area contributed by atoms with E-state index in [1.807, 2.05) is 48.5 Å². The van der Waals surface area contributed by atoms with Gasteiger partial charge in [0.25, 0.3) is 0 Å². The van der Waals surface area contributed by atoms with E-state index < -0.39 is 0 Å². The van der Waals surface area contributed by atoms with Gasteiger partial charge in [-0.05, 0) is 106 Å². The molecule has 11 rings (SSSR count). The number of fused-ring (bicyclic) bond motifs is 5. The predicted molar refractivity (Wildman–Crippen MR) is 243 cm³/mol.